The van der Waals surface area contributed by atoms with Gasteiger partial charge in [-0.25, -0.2) is 0 Å². The van der Waals surface area contributed by atoms with Gasteiger partial charge in [-0.2, -0.15) is 0 Å². The molecule has 0 radical (unpaired) electrons. The molecule has 5 nitrogen and oxygen atoms in total. The summed E-state index contributed by atoms with van der Waals surface area (Å²) < 4.78 is 5.35. The maximum Gasteiger partial charge on any atom is 0.278 e. The van der Waals surface area contributed by atoms with Crippen molar-refractivity contribution in [1.82, 2.24) is 4.90 Å². The van der Waals surface area contributed by atoms with Gasteiger partial charge in [0.15, 0.2) is 0 Å². The van der Waals surface area contributed by atoms with Crippen LogP contribution in [-0.4, -0.2) is 30.4 Å². The van der Waals surface area contributed by atoms with Crippen LogP contribution in [0.15, 0.2) is 54.2 Å². The first kappa shape index (κ1) is 19.0. The van der Waals surface area contributed by atoms with E-state index in [-0.39, 0.29) is 23.4 Å². The molecular formula is C21H21ClN2O3. The molecule has 0 saturated carbocycles. The van der Waals surface area contributed by atoms with Gasteiger partial charge in [0.05, 0.1) is 18.4 Å². The van der Waals surface area contributed by atoms with Gasteiger partial charge in [0.25, 0.3) is 11.8 Å². The van der Waals surface area contributed by atoms with E-state index in [1.165, 1.54) is 12.0 Å². The first-order valence-corrected chi connectivity index (χ1v) is 9.06. The van der Waals surface area contributed by atoms with Gasteiger partial charge < -0.3 is 10.1 Å². The molecular weight excluding hydrogens is 364 g/mol. The Labute approximate surface area is 163 Å². The van der Waals surface area contributed by atoms with E-state index >= 15 is 0 Å². The van der Waals surface area contributed by atoms with E-state index in [0.29, 0.717) is 34.1 Å². The van der Waals surface area contributed by atoms with Crippen molar-refractivity contribution in [1.29, 1.82) is 0 Å². The lowest BCUT2D eigenvalue weighted by atomic mass is 10.0. The number of anilines is 1. The molecule has 0 saturated heterocycles. The molecule has 0 aliphatic carbocycles. The topological polar surface area (TPSA) is 58.6 Å². The average Bonchev–Trinajstić information content (AvgIpc) is 2.87. The highest BCUT2D eigenvalue weighted by Crippen LogP contribution is 2.34. The van der Waals surface area contributed by atoms with Gasteiger partial charge in [-0.05, 0) is 29.7 Å². The van der Waals surface area contributed by atoms with Crippen molar-refractivity contribution in [2.45, 2.75) is 13.8 Å². The zero-order valence-corrected chi connectivity index (χ0v) is 16.2. The van der Waals surface area contributed by atoms with Crippen LogP contribution in [0.1, 0.15) is 19.4 Å². The number of benzene rings is 2. The van der Waals surface area contributed by atoms with Crippen molar-refractivity contribution in [3.05, 3.63) is 64.8 Å². The Morgan fingerprint density at radius 2 is 1.78 bits per heavy atom. The SMILES string of the molecule is COc1ccc(Cl)cc1NC1=C(c2ccccc2)C(=O)N(CC(C)C)C1=O. The van der Waals surface area contributed by atoms with Crippen molar-refractivity contribution in [3.63, 3.8) is 0 Å². The Morgan fingerprint density at radius 3 is 2.41 bits per heavy atom. The molecule has 1 aliphatic heterocycles. The quantitative estimate of drug-likeness (QED) is 0.758. The van der Waals surface area contributed by atoms with Crippen LogP contribution in [0.3, 0.4) is 0 Å². The maximum atomic E-state index is 13.0. The largest absolute Gasteiger partial charge is 0.495 e. The monoisotopic (exact) mass is 384 g/mol. The lowest BCUT2D eigenvalue weighted by Gasteiger charge is -2.17. The van der Waals surface area contributed by atoms with Gasteiger partial charge in [0.1, 0.15) is 11.4 Å². The number of hydrogen-bond donors (Lipinski definition) is 1. The van der Waals surface area contributed by atoms with E-state index in [1.54, 1.807) is 18.2 Å². The third-order valence-corrected chi connectivity index (χ3v) is 4.43. The Hall–Kier alpha value is -2.79. The molecule has 3 rings (SSSR count). The van der Waals surface area contributed by atoms with E-state index in [4.69, 9.17) is 16.3 Å². The molecule has 1 heterocycles. The first-order chi connectivity index (χ1) is 12.9. The molecule has 0 spiro atoms. The van der Waals surface area contributed by atoms with Crippen LogP contribution in [0.4, 0.5) is 5.69 Å². The van der Waals surface area contributed by atoms with Gasteiger partial charge >= 0.3 is 0 Å². The maximum absolute atomic E-state index is 13.0. The van der Waals surface area contributed by atoms with E-state index < -0.39 is 0 Å². The molecule has 2 aromatic rings. The molecule has 0 fully saturated rings. The Balaban J connectivity index is 2.10. The molecule has 0 aromatic heterocycles. The number of halogens is 1. The second kappa shape index (κ2) is 7.84. The highest BCUT2D eigenvalue weighted by Gasteiger charge is 2.39. The molecule has 27 heavy (non-hydrogen) atoms. The van der Waals surface area contributed by atoms with Gasteiger partial charge in [-0.1, -0.05) is 55.8 Å². The Bertz CT molecular complexity index is 907. The number of carbonyl (C=O) groups excluding carboxylic acids is 2. The molecule has 6 heteroatoms. The summed E-state index contributed by atoms with van der Waals surface area (Å²) in [6.07, 6.45) is 0. The molecule has 0 atom stereocenters. The van der Waals surface area contributed by atoms with Crippen LogP contribution < -0.4 is 10.1 Å². The second-order valence-corrected chi connectivity index (χ2v) is 7.14. The van der Waals surface area contributed by atoms with E-state index in [1.807, 2.05) is 44.2 Å². The Kier molecular flexibility index (Phi) is 5.51. The fourth-order valence-electron chi connectivity index (χ4n) is 3.01. The van der Waals surface area contributed by atoms with Crippen molar-refractivity contribution < 1.29 is 14.3 Å². The number of nitrogens with one attached hydrogen (secondary N) is 1. The summed E-state index contributed by atoms with van der Waals surface area (Å²) in [6, 6.07) is 14.2. The minimum Gasteiger partial charge on any atom is -0.495 e. The molecule has 2 amide bonds. The van der Waals surface area contributed by atoms with Crippen LogP contribution in [-0.2, 0) is 9.59 Å². The lowest BCUT2D eigenvalue weighted by molar-refractivity contribution is -0.137. The number of methoxy groups -OCH3 is 1. The van der Waals surface area contributed by atoms with Crippen LogP contribution in [0.2, 0.25) is 5.02 Å². The summed E-state index contributed by atoms with van der Waals surface area (Å²) in [7, 11) is 1.54. The number of amides is 2. The van der Waals surface area contributed by atoms with E-state index in [2.05, 4.69) is 5.32 Å². The molecule has 0 bridgehead atoms. The minimum atomic E-state index is -0.352. The number of imide groups is 1. The predicted molar refractivity (Wildman–Crippen MR) is 107 cm³/mol. The fraction of sp³-hybridized carbons (Fsp3) is 0.238. The van der Waals surface area contributed by atoms with Gasteiger partial charge in [0.2, 0.25) is 0 Å². The van der Waals surface area contributed by atoms with Crippen molar-refractivity contribution in [2.24, 2.45) is 5.92 Å². The van der Waals surface area contributed by atoms with Gasteiger partial charge in [0, 0.05) is 11.6 Å². The molecule has 0 unspecified atom stereocenters. The summed E-state index contributed by atoms with van der Waals surface area (Å²) in [5.41, 5.74) is 1.79. The fourth-order valence-corrected chi connectivity index (χ4v) is 3.18. The molecule has 1 N–H and O–H groups in total. The summed E-state index contributed by atoms with van der Waals surface area (Å²) in [5, 5.41) is 3.59. The van der Waals surface area contributed by atoms with Crippen molar-refractivity contribution in [2.75, 3.05) is 19.0 Å². The number of hydrogen-bond acceptors (Lipinski definition) is 4. The van der Waals surface area contributed by atoms with Crippen molar-refractivity contribution in [3.8, 4) is 5.75 Å². The number of nitrogens with zero attached hydrogens (tertiary/aromatic N) is 1. The normalized spacial score (nSPS) is 14.3. The predicted octanol–water partition coefficient (Wildman–Crippen LogP) is 4.20. The first-order valence-electron chi connectivity index (χ1n) is 8.68. The highest BCUT2D eigenvalue weighted by molar-refractivity contribution is 6.36. The average molecular weight is 385 g/mol. The van der Waals surface area contributed by atoms with Crippen LogP contribution >= 0.6 is 11.6 Å². The van der Waals surface area contributed by atoms with Crippen LogP contribution in [0.5, 0.6) is 5.75 Å². The number of carbonyl (C=O) groups is 2. The van der Waals surface area contributed by atoms with E-state index in [9.17, 15) is 9.59 Å². The zero-order valence-electron chi connectivity index (χ0n) is 15.5. The third-order valence-electron chi connectivity index (χ3n) is 4.20. The number of ether oxygens (including phenoxy) is 1. The standard InChI is InChI=1S/C21H21ClN2O3/c1-13(2)12-24-20(25)18(14-7-5-4-6-8-14)19(21(24)26)23-16-11-15(22)9-10-17(16)27-3/h4-11,13,23H,12H2,1-3H3. The molecule has 1 aliphatic rings. The van der Waals surface area contributed by atoms with E-state index in [0.717, 1.165) is 0 Å². The minimum absolute atomic E-state index is 0.162. The molecule has 140 valence electrons. The van der Waals surface area contributed by atoms with Gasteiger partial charge in [-0.15, -0.1) is 0 Å². The second-order valence-electron chi connectivity index (χ2n) is 6.70. The highest BCUT2D eigenvalue weighted by atomic mass is 35.5. The smallest absolute Gasteiger partial charge is 0.278 e. The summed E-state index contributed by atoms with van der Waals surface area (Å²) in [6.45, 7) is 4.29. The van der Waals surface area contributed by atoms with Gasteiger partial charge in [-0.3, -0.25) is 14.5 Å². The number of rotatable bonds is 6. The summed E-state index contributed by atoms with van der Waals surface area (Å²) in [4.78, 5) is 27.3. The lowest BCUT2D eigenvalue weighted by Crippen LogP contribution is -2.35. The zero-order chi connectivity index (χ0) is 19.6. The molecule has 2 aromatic carbocycles. The van der Waals surface area contributed by atoms with Crippen LogP contribution in [0, 0.1) is 5.92 Å². The van der Waals surface area contributed by atoms with Crippen LogP contribution in [0.25, 0.3) is 5.57 Å². The summed E-state index contributed by atoms with van der Waals surface area (Å²) in [5.74, 6) is 0.0369. The summed E-state index contributed by atoms with van der Waals surface area (Å²) >= 11 is 6.10. The Morgan fingerprint density at radius 1 is 1.07 bits per heavy atom. The van der Waals surface area contributed by atoms with Crippen molar-refractivity contribution >= 4 is 34.7 Å². The third kappa shape index (κ3) is 3.83.